The van der Waals surface area contributed by atoms with Crippen molar-refractivity contribution in [3.05, 3.63) is 0 Å². The fraction of sp³-hybridized carbons (Fsp3) is 0.917. The highest BCUT2D eigenvalue weighted by atomic mass is 31.2. The van der Waals surface area contributed by atoms with Crippen LogP contribution in [0.5, 0.6) is 0 Å². The largest absolute Gasteiger partial charge is 0.467 e. The maximum atomic E-state index is 13.5. The zero-order chi connectivity index (χ0) is 18.5. The predicted molar refractivity (Wildman–Crippen MR) is 76.2 cm³/mol. The minimum absolute atomic E-state index is 0.226. The standard InChI is InChI=1S/C12H23F3NO6P/c1-6-21-23(19,22-7-2)9(8-16(3)4)11(18,10(17)20-5)12(13,14)15/h9,18H,6-8H2,1-5H3. The summed E-state index contributed by atoms with van der Waals surface area (Å²) in [6.07, 6.45) is -5.44. The van der Waals surface area contributed by atoms with Gasteiger partial charge in [0.2, 0.25) is 0 Å². The molecule has 0 saturated heterocycles. The Labute approximate surface area is 133 Å². The lowest BCUT2D eigenvalue weighted by Crippen LogP contribution is -2.63. The van der Waals surface area contributed by atoms with Gasteiger partial charge in [-0.05, 0) is 27.9 Å². The van der Waals surface area contributed by atoms with Crippen LogP contribution in [0.15, 0.2) is 0 Å². The number of hydrogen-bond acceptors (Lipinski definition) is 7. The first kappa shape index (κ1) is 22.3. The van der Waals surface area contributed by atoms with Gasteiger partial charge in [0.25, 0.3) is 5.60 Å². The predicted octanol–water partition coefficient (Wildman–Crippen LogP) is 1.65. The highest BCUT2D eigenvalue weighted by Crippen LogP contribution is 2.59. The number of carbonyl (C=O) groups excluding carboxylic acids is 1. The molecule has 11 heteroatoms. The zero-order valence-corrected chi connectivity index (χ0v) is 14.6. The van der Waals surface area contributed by atoms with E-state index < -0.39 is 37.5 Å². The van der Waals surface area contributed by atoms with Crippen LogP contribution < -0.4 is 0 Å². The topological polar surface area (TPSA) is 85.3 Å². The van der Waals surface area contributed by atoms with E-state index >= 15 is 0 Å². The van der Waals surface area contributed by atoms with Crippen LogP contribution in [0, 0.1) is 0 Å². The Morgan fingerprint density at radius 3 is 1.91 bits per heavy atom. The first-order chi connectivity index (χ1) is 10.4. The molecular weight excluding hydrogens is 342 g/mol. The Hall–Kier alpha value is -0.670. The van der Waals surface area contributed by atoms with E-state index in [0.29, 0.717) is 7.11 Å². The number of aliphatic hydroxyl groups is 1. The van der Waals surface area contributed by atoms with E-state index in [-0.39, 0.29) is 13.2 Å². The molecule has 0 bridgehead atoms. The summed E-state index contributed by atoms with van der Waals surface area (Å²) < 4.78 is 67.1. The second-order valence-corrected chi connectivity index (χ2v) is 7.13. The first-order valence-electron chi connectivity index (χ1n) is 6.81. The van der Waals surface area contributed by atoms with E-state index in [4.69, 9.17) is 9.05 Å². The molecule has 0 aliphatic rings. The van der Waals surface area contributed by atoms with E-state index in [0.717, 1.165) is 0 Å². The Kier molecular flexibility index (Phi) is 8.19. The van der Waals surface area contributed by atoms with Crippen LogP contribution in [-0.2, 0) is 23.1 Å². The smallest absolute Gasteiger partial charge is 0.429 e. The Morgan fingerprint density at radius 1 is 1.22 bits per heavy atom. The summed E-state index contributed by atoms with van der Waals surface area (Å²) in [6.45, 7) is 1.78. The highest BCUT2D eigenvalue weighted by Gasteiger charge is 2.70. The maximum absolute atomic E-state index is 13.5. The summed E-state index contributed by atoms with van der Waals surface area (Å²) in [5, 5.41) is 10.2. The molecule has 0 radical (unpaired) electrons. The van der Waals surface area contributed by atoms with Crippen molar-refractivity contribution in [2.24, 2.45) is 0 Å². The second kappa shape index (κ2) is 8.43. The van der Waals surface area contributed by atoms with Gasteiger partial charge in [0.05, 0.1) is 20.3 Å². The number of ether oxygens (including phenoxy) is 1. The van der Waals surface area contributed by atoms with Crippen molar-refractivity contribution in [3.63, 3.8) is 0 Å². The van der Waals surface area contributed by atoms with Gasteiger partial charge in [0, 0.05) is 6.54 Å². The van der Waals surface area contributed by atoms with Crippen LogP contribution >= 0.6 is 7.60 Å². The van der Waals surface area contributed by atoms with E-state index in [1.807, 2.05) is 0 Å². The van der Waals surface area contributed by atoms with Crippen LogP contribution in [-0.4, -0.2) is 74.4 Å². The summed E-state index contributed by atoms with van der Waals surface area (Å²) in [4.78, 5) is 12.9. The quantitative estimate of drug-likeness (QED) is 0.491. The van der Waals surface area contributed by atoms with Crippen molar-refractivity contribution in [2.45, 2.75) is 31.3 Å². The average Bonchev–Trinajstić information content (AvgIpc) is 2.42. The van der Waals surface area contributed by atoms with E-state index in [1.165, 1.54) is 32.8 Å². The van der Waals surface area contributed by atoms with Crippen molar-refractivity contribution in [2.75, 3.05) is 41.0 Å². The molecule has 0 aromatic rings. The summed E-state index contributed by atoms with van der Waals surface area (Å²) in [6, 6.07) is 0. The van der Waals surface area contributed by atoms with Crippen LogP contribution in [0.1, 0.15) is 13.8 Å². The van der Waals surface area contributed by atoms with Crippen LogP contribution in [0.2, 0.25) is 0 Å². The number of alkyl halides is 3. The average molecular weight is 365 g/mol. The molecule has 0 aliphatic heterocycles. The van der Waals surface area contributed by atoms with Crippen molar-refractivity contribution in [1.82, 2.24) is 4.90 Å². The van der Waals surface area contributed by atoms with Gasteiger partial charge in [-0.1, -0.05) is 0 Å². The molecule has 0 aromatic carbocycles. The van der Waals surface area contributed by atoms with E-state index in [1.54, 1.807) is 0 Å². The fourth-order valence-electron chi connectivity index (χ4n) is 1.98. The normalized spacial score (nSPS) is 17.0. The first-order valence-corrected chi connectivity index (χ1v) is 8.42. The summed E-state index contributed by atoms with van der Waals surface area (Å²) >= 11 is 0. The van der Waals surface area contributed by atoms with Gasteiger partial charge < -0.3 is 23.8 Å². The Morgan fingerprint density at radius 2 is 1.65 bits per heavy atom. The number of halogens is 3. The number of carbonyl (C=O) groups is 1. The van der Waals surface area contributed by atoms with Crippen molar-refractivity contribution < 1.29 is 41.4 Å². The SMILES string of the molecule is CCOP(=O)(OCC)C(CN(C)C)C(O)(C(=O)OC)C(F)(F)F. The van der Waals surface area contributed by atoms with Gasteiger partial charge in [0.15, 0.2) is 0 Å². The van der Waals surface area contributed by atoms with Crippen molar-refractivity contribution >= 4 is 13.6 Å². The molecular formula is C12H23F3NO6P. The molecule has 0 saturated carbocycles. The molecule has 138 valence electrons. The van der Waals surface area contributed by atoms with Crippen LogP contribution in [0.4, 0.5) is 13.2 Å². The lowest BCUT2D eigenvalue weighted by atomic mass is 9.98. The summed E-state index contributed by atoms with van der Waals surface area (Å²) in [5.41, 5.74) is -6.25. The van der Waals surface area contributed by atoms with Crippen molar-refractivity contribution in [1.29, 1.82) is 0 Å². The molecule has 0 spiro atoms. The fourth-order valence-corrected chi connectivity index (χ4v) is 4.37. The number of rotatable bonds is 9. The Balaban J connectivity index is 6.28. The molecule has 23 heavy (non-hydrogen) atoms. The molecule has 7 nitrogen and oxygen atoms in total. The molecule has 0 fully saturated rings. The minimum Gasteiger partial charge on any atom is -0.467 e. The lowest BCUT2D eigenvalue weighted by Gasteiger charge is -2.39. The number of nitrogens with zero attached hydrogens (tertiary/aromatic N) is 1. The van der Waals surface area contributed by atoms with Gasteiger partial charge in [0.1, 0.15) is 5.66 Å². The summed E-state index contributed by atoms with van der Waals surface area (Å²) in [5.74, 6) is -1.98. The number of esters is 1. The third-order valence-corrected chi connectivity index (χ3v) is 5.49. The van der Waals surface area contributed by atoms with Crippen LogP contribution in [0.3, 0.4) is 0 Å². The third-order valence-electron chi connectivity index (χ3n) is 2.95. The van der Waals surface area contributed by atoms with E-state index in [2.05, 4.69) is 4.74 Å². The van der Waals surface area contributed by atoms with Gasteiger partial charge in [-0.2, -0.15) is 13.2 Å². The van der Waals surface area contributed by atoms with E-state index in [9.17, 15) is 27.6 Å². The number of methoxy groups -OCH3 is 1. The molecule has 0 heterocycles. The molecule has 0 amide bonds. The number of hydrogen-bond donors (Lipinski definition) is 1. The van der Waals surface area contributed by atoms with Gasteiger partial charge >= 0.3 is 19.7 Å². The highest BCUT2D eigenvalue weighted by molar-refractivity contribution is 7.54. The Bertz CT molecular complexity index is 435. The molecule has 2 atom stereocenters. The van der Waals surface area contributed by atoms with Gasteiger partial charge in [-0.15, -0.1) is 0 Å². The van der Waals surface area contributed by atoms with Crippen molar-refractivity contribution in [3.8, 4) is 0 Å². The lowest BCUT2D eigenvalue weighted by molar-refractivity contribution is -0.263. The summed E-state index contributed by atoms with van der Waals surface area (Å²) in [7, 11) is -1.00. The minimum atomic E-state index is -5.44. The zero-order valence-electron chi connectivity index (χ0n) is 13.7. The molecule has 1 N–H and O–H groups in total. The molecule has 0 aliphatic carbocycles. The van der Waals surface area contributed by atoms with Gasteiger partial charge in [-0.25, -0.2) is 4.79 Å². The molecule has 2 unspecified atom stereocenters. The molecule has 0 rings (SSSR count). The van der Waals surface area contributed by atoms with Gasteiger partial charge in [-0.3, -0.25) is 4.57 Å². The third kappa shape index (κ3) is 4.90. The molecule has 0 aromatic heterocycles. The van der Waals surface area contributed by atoms with Crippen LogP contribution in [0.25, 0.3) is 0 Å². The monoisotopic (exact) mass is 365 g/mol. The second-order valence-electron chi connectivity index (χ2n) is 4.91. The maximum Gasteiger partial charge on any atom is 0.429 e.